The zero-order valence-corrected chi connectivity index (χ0v) is 23.3. The first-order valence-corrected chi connectivity index (χ1v) is 13.7. The number of anilines is 2. The van der Waals surface area contributed by atoms with Crippen LogP contribution in [0.25, 0.3) is 33.6 Å². The minimum atomic E-state index is -4.43. The van der Waals surface area contributed by atoms with Gasteiger partial charge < -0.3 is 20.9 Å². The predicted molar refractivity (Wildman–Crippen MR) is 167 cm³/mol. The van der Waals surface area contributed by atoms with Crippen LogP contribution in [0.15, 0.2) is 133 Å². The zero-order valence-electron chi connectivity index (χ0n) is 23.3. The maximum absolute atomic E-state index is 13.3. The molecule has 0 saturated heterocycles. The van der Waals surface area contributed by atoms with E-state index >= 15 is 0 Å². The first-order valence-electron chi connectivity index (χ1n) is 13.7. The number of alkyl halides is 3. The van der Waals surface area contributed by atoms with Gasteiger partial charge in [-0.3, -0.25) is 0 Å². The Labute approximate surface area is 252 Å². The molecule has 0 spiro atoms. The monoisotopic (exact) mass is 589 g/mol. The van der Waals surface area contributed by atoms with E-state index in [0.29, 0.717) is 56.9 Å². The lowest BCUT2D eigenvalue weighted by atomic mass is 9.99. The van der Waals surface area contributed by atoms with E-state index in [0.717, 1.165) is 23.3 Å². The van der Waals surface area contributed by atoms with Gasteiger partial charge in [-0.15, -0.1) is 0 Å². The van der Waals surface area contributed by atoms with Crippen LogP contribution in [0.4, 0.5) is 24.5 Å². The number of nitrogen functional groups attached to an aromatic ring is 2. The molecule has 0 aliphatic heterocycles. The molecule has 5 nitrogen and oxygen atoms in total. The number of ether oxygens (including phenoxy) is 2. The summed E-state index contributed by atoms with van der Waals surface area (Å²) in [6, 6.07) is 37.8. The fourth-order valence-corrected chi connectivity index (χ4v) is 4.63. The van der Waals surface area contributed by atoms with Crippen molar-refractivity contribution in [1.29, 1.82) is 0 Å². The molecule has 8 heteroatoms. The maximum atomic E-state index is 13.3. The predicted octanol–water partition coefficient (Wildman–Crippen LogP) is 9.85. The van der Waals surface area contributed by atoms with Gasteiger partial charge in [-0.25, -0.2) is 4.98 Å². The number of halogens is 3. The van der Waals surface area contributed by atoms with Gasteiger partial charge in [0, 0.05) is 22.5 Å². The summed E-state index contributed by atoms with van der Waals surface area (Å²) < 4.78 is 51.9. The first kappa shape index (κ1) is 28.4. The van der Waals surface area contributed by atoms with Crippen molar-refractivity contribution in [3.8, 4) is 56.6 Å². The van der Waals surface area contributed by atoms with Crippen molar-refractivity contribution in [3.05, 3.63) is 139 Å². The summed E-state index contributed by atoms with van der Waals surface area (Å²) in [5.74, 6) is 2.44. The lowest BCUT2D eigenvalue weighted by Crippen LogP contribution is -2.04. The van der Waals surface area contributed by atoms with Crippen molar-refractivity contribution in [2.45, 2.75) is 6.18 Å². The van der Waals surface area contributed by atoms with Crippen LogP contribution in [-0.4, -0.2) is 4.98 Å². The highest BCUT2D eigenvalue weighted by atomic mass is 19.4. The van der Waals surface area contributed by atoms with Gasteiger partial charge in [0.05, 0.1) is 17.0 Å². The summed E-state index contributed by atoms with van der Waals surface area (Å²) >= 11 is 0. The minimum Gasteiger partial charge on any atom is -0.457 e. The molecule has 0 aliphatic carbocycles. The molecule has 1 aromatic heterocycles. The highest BCUT2D eigenvalue weighted by Gasteiger charge is 2.30. The Hall–Kier alpha value is -5.76. The molecule has 0 unspecified atom stereocenters. The second kappa shape index (κ2) is 11.9. The zero-order chi connectivity index (χ0) is 30.7. The Balaban J connectivity index is 1.40. The minimum absolute atomic E-state index is 0.592. The van der Waals surface area contributed by atoms with Crippen LogP contribution in [0.3, 0.4) is 0 Å². The molecule has 6 aromatic rings. The molecule has 6 rings (SSSR count). The molecule has 218 valence electrons. The molecule has 1 heterocycles. The third-order valence-electron chi connectivity index (χ3n) is 6.86. The highest BCUT2D eigenvalue weighted by molar-refractivity contribution is 5.77. The van der Waals surface area contributed by atoms with Crippen LogP contribution in [0.2, 0.25) is 0 Å². The molecule has 5 aromatic carbocycles. The van der Waals surface area contributed by atoms with Crippen LogP contribution in [0, 0.1) is 0 Å². The summed E-state index contributed by atoms with van der Waals surface area (Å²) in [5, 5.41) is 0. The second-order valence-electron chi connectivity index (χ2n) is 10.1. The number of nitrogens with zero attached hydrogens (tertiary/aromatic N) is 1. The van der Waals surface area contributed by atoms with Gasteiger partial charge in [0.25, 0.3) is 0 Å². The fourth-order valence-electron chi connectivity index (χ4n) is 4.63. The van der Waals surface area contributed by atoms with Crippen molar-refractivity contribution in [3.63, 3.8) is 0 Å². The van der Waals surface area contributed by atoms with Gasteiger partial charge in [0.2, 0.25) is 0 Å². The standard InChI is InChI=1S/C36H26F3N3O2/c37-36(38,39)27-9-7-23(8-10-27)26-21-34(24-3-1-5-32(19-24)43-30-15-11-28(40)12-16-30)42-35(22-26)25-4-2-6-33(20-25)44-31-17-13-29(41)14-18-31/h1-22H,40-41H2. The summed E-state index contributed by atoms with van der Waals surface area (Å²) in [6.07, 6.45) is -4.43. The Bertz CT molecular complexity index is 1800. The van der Waals surface area contributed by atoms with E-state index < -0.39 is 11.7 Å². The van der Waals surface area contributed by atoms with E-state index in [1.807, 2.05) is 60.7 Å². The third kappa shape index (κ3) is 6.65. The largest absolute Gasteiger partial charge is 0.457 e. The van der Waals surface area contributed by atoms with Crippen LogP contribution in [0.5, 0.6) is 23.0 Å². The summed E-state index contributed by atoms with van der Waals surface area (Å²) in [6.45, 7) is 0. The van der Waals surface area contributed by atoms with Crippen molar-refractivity contribution in [1.82, 2.24) is 4.98 Å². The van der Waals surface area contributed by atoms with E-state index in [4.69, 9.17) is 25.9 Å². The Kier molecular flexibility index (Phi) is 7.64. The van der Waals surface area contributed by atoms with E-state index in [2.05, 4.69) is 0 Å². The number of hydrogen-bond donors (Lipinski definition) is 2. The van der Waals surface area contributed by atoms with Gasteiger partial charge >= 0.3 is 6.18 Å². The molecule has 44 heavy (non-hydrogen) atoms. The van der Waals surface area contributed by atoms with Gasteiger partial charge in [0.1, 0.15) is 23.0 Å². The van der Waals surface area contributed by atoms with Crippen molar-refractivity contribution in [2.75, 3.05) is 11.5 Å². The second-order valence-corrected chi connectivity index (χ2v) is 10.1. The fraction of sp³-hybridized carbons (Fsp3) is 0.0278. The molecule has 0 radical (unpaired) electrons. The number of rotatable bonds is 7. The molecule has 4 N–H and O–H groups in total. The Morgan fingerprint density at radius 3 is 1.34 bits per heavy atom. The van der Waals surface area contributed by atoms with E-state index in [1.165, 1.54) is 12.1 Å². The van der Waals surface area contributed by atoms with Crippen LogP contribution in [-0.2, 0) is 6.18 Å². The lowest BCUT2D eigenvalue weighted by molar-refractivity contribution is -0.137. The maximum Gasteiger partial charge on any atom is 0.416 e. The molecular formula is C36H26F3N3O2. The summed E-state index contributed by atoms with van der Waals surface area (Å²) in [4.78, 5) is 4.95. The number of pyridine rings is 1. The molecule has 0 amide bonds. The molecule has 0 fully saturated rings. The van der Waals surface area contributed by atoms with Gasteiger partial charge in [-0.05, 0) is 108 Å². The van der Waals surface area contributed by atoms with Crippen LogP contribution < -0.4 is 20.9 Å². The first-order chi connectivity index (χ1) is 21.2. The van der Waals surface area contributed by atoms with E-state index in [1.54, 1.807) is 48.5 Å². The van der Waals surface area contributed by atoms with E-state index in [-0.39, 0.29) is 0 Å². The highest BCUT2D eigenvalue weighted by Crippen LogP contribution is 2.36. The van der Waals surface area contributed by atoms with E-state index in [9.17, 15) is 13.2 Å². The SMILES string of the molecule is Nc1ccc(Oc2cccc(-c3cc(-c4ccc(C(F)(F)F)cc4)cc(-c4cccc(Oc5ccc(N)cc5)c4)n3)c2)cc1. The number of hydrogen-bond acceptors (Lipinski definition) is 5. The molecule has 0 saturated carbocycles. The molecular weight excluding hydrogens is 563 g/mol. The third-order valence-corrected chi connectivity index (χ3v) is 6.86. The average Bonchev–Trinajstić information content (AvgIpc) is 3.03. The normalized spacial score (nSPS) is 11.2. The van der Waals surface area contributed by atoms with Gasteiger partial charge in [-0.1, -0.05) is 36.4 Å². The van der Waals surface area contributed by atoms with Gasteiger partial charge in [-0.2, -0.15) is 13.2 Å². The van der Waals surface area contributed by atoms with Crippen molar-refractivity contribution >= 4 is 11.4 Å². The van der Waals surface area contributed by atoms with Crippen molar-refractivity contribution in [2.24, 2.45) is 0 Å². The molecule has 0 bridgehead atoms. The quantitative estimate of drug-likeness (QED) is 0.181. The van der Waals surface area contributed by atoms with Crippen LogP contribution >= 0.6 is 0 Å². The Morgan fingerprint density at radius 1 is 0.455 bits per heavy atom. The number of nitrogens with two attached hydrogens (primary N) is 2. The molecule has 0 atom stereocenters. The summed E-state index contributed by atoms with van der Waals surface area (Å²) in [5.41, 5.74) is 16.2. The van der Waals surface area contributed by atoms with Crippen molar-refractivity contribution < 1.29 is 22.6 Å². The number of aromatic nitrogens is 1. The van der Waals surface area contributed by atoms with Gasteiger partial charge in [0.15, 0.2) is 0 Å². The smallest absolute Gasteiger partial charge is 0.416 e. The molecule has 0 aliphatic rings. The van der Waals surface area contributed by atoms with Crippen LogP contribution in [0.1, 0.15) is 5.56 Å². The number of benzene rings is 5. The topological polar surface area (TPSA) is 83.4 Å². The Morgan fingerprint density at radius 2 is 0.909 bits per heavy atom. The summed E-state index contributed by atoms with van der Waals surface area (Å²) in [7, 11) is 0. The lowest BCUT2D eigenvalue weighted by Gasteiger charge is -2.13. The average molecular weight is 590 g/mol.